The quantitative estimate of drug-likeness (QED) is 0.929. The Morgan fingerprint density at radius 1 is 1.26 bits per heavy atom. The van der Waals surface area contributed by atoms with E-state index in [0.717, 1.165) is 6.07 Å². The summed E-state index contributed by atoms with van der Waals surface area (Å²) in [5.41, 5.74) is 0.593. The Hall–Kier alpha value is -1.08. The number of sulfone groups is 1. The van der Waals surface area contributed by atoms with E-state index >= 15 is 0 Å². The summed E-state index contributed by atoms with van der Waals surface area (Å²) in [6.45, 7) is 3.42. The van der Waals surface area contributed by atoms with Crippen molar-refractivity contribution in [2.45, 2.75) is 42.6 Å². The Kier molecular flexibility index (Phi) is 4.63. The predicted octanol–water partition coefficient (Wildman–Crippen LogP) is 2.82. The normalized spacial score (nSPS) is 16.1. The summed E-state index contributed by atoms with van der Waals surface area (Å²) in [5.74, 6) is -0.474. The van der Waals surface area contributed by atoms with E-state index in [2.05, 4.69) is 0 Å². The molecule has 0 fully saturated rings. The molecule has 0 aliphatic carbocycles. The maximum absolute atomic E-state index is 12.6. The van der Waals surface area contributed by atoms with Gasteiger partial charge < -0.3 is 5.73 Å². The second-order valence-electron chi connectivity index (χ2n) is 4.35. The van der Waals surface area contributed by atoms with Crippen LogP contribution >= 0.6 is 0 Å². The van der Waals surface area contributed by atoms with Crippen molar-refractivity contribution >= 4 is 9.84 Å². The van der Waals surface area contributed by atoms with Gasteiger partial charge in [0.15, 0.2) is 0 Å². The molecule has 1 aromatic rings. The molecule has 0 aromatic heterocycles. The summed E-state index contributed by atoms with van der Waals surface area (Å²) in [4.78, 5) is -0.709. The van der Waals surface area contributed by atoms with Gasteiger partial charge in [0.05, 0.1) is 4.90 Å². The van der Waals surface area contributed by atoms with Gasteiger partial charge in [0.25, 0.3) is 9.84 Å². The van der Waals surface area contributed by atoms with Crippen molar-refractivity contribution in [1.29, 1.82) is 0 Å². The first-order chi connectivity index (χ1) is 8.63. The topological polar surface area (TPSA) is 60.2 Å². The van der Waals surface area contributed by atoms with Gasteiger partial charge >= 0.3 is 5.51 Å². The molecule has 2 unspecified atom stereocenters. The number of hydrogen-bond acceptors (Lipinski definition) is 3. The molecule has 0 amide bonds. The first-order valence-electron chi connectivity index (χ1n) is 5.78. The van der Waals surface area contributed by atoms with Crippen LogP contribution in [-0.2, 0) is 9.84 Å². The number of nitrogens with two attached hydrogens (primary N) is 1. The van der Waals surface area contributed by atoms with Crippen molar-refractivity contribution in [3.63, 3.8) is 0 Å². The summed E-state index contributed by atoms with van der Waals surface area (Å²) >= 11 is 0. The van der Waals surface area contributed by atoms with Crippen LogP contribution in [0.15, 0.2) is 29.2 Å². The van der Waals surface area contributed by atoms with Gasteiger partial charge in [-0.3, -0.25) is 0 Å². The molecule has 0 aliphatic heterocycles. The minimum absolute atomic E-state index is 0.106. The van der Waals surface area contributed by atoms with E-state index in [1.54, 1.807) is 13.8 Å². The molecule has 1 aromatic carbocycles. The standard InChI is InChI=1S/C12H16F3NO2S/c1-3-10(16)8(2)9-6-4-5-7-11(9)19(17,18)12(13,14)15/h4-8,10H,3,16H2,1-2H3. The van der Waals surface area contributed by atoms with E-state index in [9.17, 15) is 21.6 Å². The van der Waals surface area contributed by atoms with E-state index in [-0.39, 0.29) is 5.56 Å². The van der Waals surface area contributed by atoms with Crippen LogP contribution in [-0.4, -0.2) is 20.0 Å². The van der Waals surface area contributed by atoms with Crippen LogP contribution in [0.3, 0.4) is 0 Å². The fraction of sp³-hybridized carbons (Fsp3) is 0.500. The predicted molar refractivity (Wildman–Crippen MR) is 66.4 cm³/mol. The summed E-state index contributed by atoms with van der Waals surface area (Å²) in [7, 11) is -5.35. The Morgan fingerprint density at radius 2 is 1.79 bits per heavy atom. The molecule has 2 N–H and O–H groups in total. The van der Waals surface area contributed by atoms with Gasteiger partial charge in [0, 0.05) is 6.04 Å². The van der Waals surface area contributed by atoms with Gasteiger partial charge in [-0.25, -0.2) is 8.42 Å². The van der Waals surface area contributed by atoms with E-state index in [1.807, 2.05) is 0 Å². The van der Waals surface area contributed by atoms with Gasteiger partial charge in [-0.1, -0.05) is 32.0 Å². The molecule has 3 nitrogen and oxygen atoms in total. The molecule has 0 saturated heterocycles. The number of rotatable bonds is 4. The van der Waals surface area contributed by atoms with Gasteiger partial charge in [-0.2, -0.15) is 13.2 Å². The molecule has 0 heterocycles. The lowest BCUT2D eigenvalue weighted by Crippen LogP contribution is -2.29. The fourth-order valence-electron chi connectivity index (χ4n) is 1.81. The molecule has 0 spiro atoms. The van der Waals surface area contributed by atoms with E-state index < -0.39 is 32.2 Å². The number of alkyl halides is 3. The highest BCUT2D eigenvalue weighted by Crippen LogP contribution is 2.35. The highest BCUT2D eigenvalue weighted by Gasteiger charge is 2.48. The Labute approximate surface area is 110 Å². The van der Waals surface area contributed by atoms with Crippen molar-refractivity contribution in [1.82, 2.24) is 0 Å². The van der Waals surface area contributed by atoms with Gasteiger partial charge in [0.1, 0.15) is 0 Å². The first-order valence-corrected chi connectivity index (χ1v) is 7.27. The SMILES string of the molecule is CCC(N)C(C)c1ccccc1S(=O)(=O)C(F)(F)F. The zero-order valence-electron chi connectivity index (χ0n) is 10.6. The second kappa shape index (κ2) is 5.50. The average molecular weight is 295 g/mol. The monoisotopic (exact) mass is 295 g/mol. The molecule has 19 heavy (non-hydrogen) atoms. The van der Waals surface area contributed by atoms with E-state index in [4.69, 9.17) is 5.73 Å². The third kappa shape index (κ3) is 3.09. The zero-order chi connectivity index (χ0) is 14.8. The van der Waals surface area contributed by atoms with E-state index in [0.29, 0.717) is 6.42 Å². The number of hydrogen-bond donors (Lipinski definition) is 1. The molecule has 0 aliphatic rings. The molecular formula is C12H16F3NO2S. The molecule has 2 atom stereocenters. The summed E-state index contributed by atoms with van der Waals surface area (Å²) < 4.78 is 60.9. The van der Waals surface area contributed by atoms with Crippen LogP contribution < -0.4 is 5.73 Å². The lowest BCUT2D eigenvalue weighted by molar-refractivity contribution is -0.0436. The molecule has 0 radical (unpaired) electrons. The second-order valence-corrected chi connectivity index (χ2v) is 6.26. The van der Waals surface area contributed by atoms with Crippen molar-refractivity contribution in [3.05, 3.63) is 29.8 Å². The van der Waals surface area contributed by atoms with E-state index in [1.165, 1.54) is 18.2 Å². The van der Waals surface area contributed by atoms with Crippen LogP contribution in [0.25, 0.3) is 0 Å². The minimum atomic E-state index is -5.35. The summed E-state index contributed by atoms with van der Waals surface area (Å²) in [5, 5.41) is 0. The van der Waals surface area contributed by atoms with Gasteiger partial charge in [-0.15, -0.1) is 0 Å². The molecular weight excluding hydrogens is 279 g/mol. The minimum Gasteiger partial charge on any atom is -0.327 e. The summed E-state index contributed by atoms with van der Waals surface area (Å²) in [6.07, 6.45) is 0.543. The van der Waals surface area contributed by atoms with Crippen molar-refractivity contribution < 1.29 is 21.6 Å². The Morgan fingerprint density at radius 3 is 2.26 bits per heavy atom. The van der Waals surface area contributed by atoms with Crippen molar-refractivity contribution in [3.8, 4) is 0 Å². The average Bonchev–Trinajstić information content (AvgIpc) is 2.35. The maximum Gasteiger partial charge on any atom is 0.501 e. The third-order valence-electron chi connectivity index (χ3n) is 3.12. The smallest absolute Gasteiger partial charge is 0.327 e. The van der Waals surface area contributed by atoms with Crippen LogP contribution in [0.2, 0.25) is 0 Å². The highest BCUT2D eigenvalue weighted by molar-refractivity contribution is 7.92. The maximum atomic E-state index is 12.6. The zero-order valence-corrected chi connectivity index (χ0v) is 11.4. The molecule has 0 saturated carbocycles. The van der Waals surface area contributed by atoms with Crippen LogP contribution in [0.4, 0.5) is 13.2 Å². The molecule has 108 valence electrons. The van der Waals surface area contributed by atoms with Crippen molar-refractivity contribution in [2.75, 3.05) is 0 Å². The van der Waals surface area contributed by atoms with Crippen LogP contribution in [0.1, 0.15) is 31.7 Å². The number of halogens is 3. The Bertz CT molecular complexity index is 540. The largest absolute Gasteiger partial charge is 0.501 e. The molecule has 0 bridgehead atoms. The molecule has 7 heteroatoms. The highest BCUT2D eigenvalue weighted by atomic mass is 32.2. The summed E-state index contributed by atoms with van der Waals surface area (Å²) in [6, 6.07) is 4.72. The fourth-order valence-corrected chi connectivity index (χ4v) is 2.88. The first kappa shape index (κ1) is 16.0. The molecule has 1 rings (SSSR count). The lowest BCUT2D eigenvalue weighted by atomic mass is 9.92. The third-order valence-corrected chi connectivity index (χ3v) is 4.68. The van der Waals surface area contributed by atoms with Crippen molar-refractivity contribution in [2.24, 2.45) is 5.73 Å². The van der Waals surface area contributed by atoms with Crippen LogP contribution in [0, 0.1) is 0 Å². The van der Waals surface area contributed by atoms with Crippen LogP contribution in [0.5, 0.6) is 0 Å². The van der Waals surface area contributed by atoms with Gasteiger partial charge in [-0.05, 0) is 24.0 Å². The lowest BCUT2D eigenvalue weighted by Gasteiger charge is -2.22. The number of benzene rings is 1. The van der Waals surface area contributed by atoms with Gasteiger partial charge in [0.2, 0.25) is 0 Å². The Balaban J connectivity index is 3.40.